The van der Waals surface area contributed by atoms with Gasteiger partial charge < -0.3 is 0 Å². The van der Waals surface area contributed by atoms with Crippen LogP contribution >= 0.6 is 11.6 Å². The van der Waals surface area contributed by atoms with Gasteiger partial charge in [0, 0.05) is 7.05 Å². The van der Waals surface area contributed by atoms with Crippen LogP contribution in [0.1, 0.15) is 11.1 Å². The highest BCUT2D eigenvalue weighted by Gasteiger charge is 2.25. The van der Waals surface area contributed by atoms with Crippen molar-refractivity contribution in [3.05, 3.63) is 85.3 Å². The van der Waals surface area contributed by atoms with Crippen molar-refractivity contribution in [1.29, 1.82) is 0 Å². The van der Waals surface area contributed by atoms with Crippen LogP contribution in [-0.2, 0) is 13.6 Å². The monoisotopic (exact) mass is 438 g/mol. The predicted octanol–water partition coefficient (Wildman–Crippen LogP) is 2.89. The zero-order valence-electron chi connectivity index (χ0n) is 16.6. The number of fused-ring (bicyclic) bond motifs is 3. The molecule has 3 heterocycles. The summed E-state index contributed by atoms with van der Waals surface area (Å²) >= 11 is 6.26. The molecule has 0 aliphatic carbocycles. The van der Waals surface area contributed by atoms with Crippen LogP contribution in [0.5, 0.6) is 0 Å². The Morgan fingerprint density at radius 3 is 2.65 bits per heavy atom. The lowest BCUT2D eigenvalue weighted by molar-refractivity contribution is 0.630. The highest BCUT2D eigenvalue weighted by Crippen LogP contribution is 2.31. The number of nitrogens with zero attached hydrogens (tertiary/aromatic N) is 5. The van der Waals surface area contributed by atoms with Crippen molar-refractivity contribution in [2.24, 2.45) is 7.05 Å². The number of imidazole rings is 1. The molecule has 0 saturated heterocycles. The Bertz CT molecular complexity index is 1590. The van der Waals surface area contributed by atoms with Crippen LogP contribution in [0.15, 0.2) is 52.1 Å². The van der Waals surface area contributed by atoms with E-state index in [0.29, 0.717) is 6.54 Å². The summed E-state index contributed by atoms with van der Waals surface area (Å²) in [5, 5.41) is 8.53. The van der Waals surface area contributed by atoms with Gasteiger partial charge in [0.25, 0.3) is 5.56 Å². The lowest BCUT2D eigenvalue weighted by Gasteiger charge is -2.06. The summed E-state index contributed by atoms with van der Waals surface area (Å²) in [4.78, 5) is 27.5. The van der Waals surface area contributed by atoms with Crippen molar-refractivity contribution >= 4 is 28.5 Å². The summed E-state index contributed by atoms with van der Waals surface area (Å²) in [7, 11) is 1.52. The Kier molecular flexibility index (Phi) is 4.30. The number of nitrogens with one attached hydrogen (secondary N) is 1. The number of hydrogen-bond acceptors (Lipinski definition) is 4. The van der Waals surface area contributed by atoms with Gasteiger partial charge in [-0.3, -0.25) is 18.9 Å². The quantitative estimate of drug-likeness (QED) is 0.469. The zero-order chi connectivity index (χ0) is 21.9. The third-order valence-corrected chi connectivity index (χ3v) is 5.56. The van der Waals surface area contributed by atoms with Crippen LogP contribution in [-0.4, -0.2) is 28.7 Å². The first-order valence-corrected chi connectivity index (χ1v) is 9.81. The van der Waals surface area contributed by atoms with E-state index in [1.807, 2.05) is 31.2 Å². The minimum Gasteiger partial charge on any atom is -0.298 e. The molecule has 31 heavy (non-hydrogen) atoms. The molecule has 0 unspecified atom stereocenters. The molecular formula is C21H16ClFN6O2. The molecule has 0 amide bonds. The molecule has 0 saturated carbocycles. The molecule has 5 rings (SSSR count). The van der Waals surface area contributed by atoms with Gasteiger partial charge in [-0.25, -0.2) is 13.6 Å². The molecule has 0 spiro atoms. The third kappa shape index (κ3) is 2.89. The molecule has 0 fully saturated rings. The second kappa shape index (κ2) is 6.92. The van der Waals surface area contributed by atoms with Crippen LogP contribution in [0.4, 0.5) is 4.39 Å². The summed E-state index contributed by atoms with van der Waals surface area (Å²) in [6, 6.07) is 12.1. The molecule has 156 valence electrons. The molecule has 0 aliphatic rings. The van der Waals surface area contributed by atoms with Crippen LogP contribution in [0.25, 0.3) is 28.3 Å². The number of benzene rings is 2. The normalized spacial score (nSPS) is 11.6. The lowest BCUT2D eigenvalue weighted by Crippen LogP contribution is -2.29. The van der Waals surface area contributed by atoms with Gasteiger partial charge in [-0.15, -0.1) is 10.2 Å². The van der Waals surface area contributed by atoms with Crippen molar-refractivity contribution in [2.45, 2.75) is 13.5 Å². The standard InChI is InChI=1S/C21H16ClFN6O2/c1-11-5-3-6-12(9-11)10-28-16-18(30)24-21(31)27(2)19(16)29-17(25-26-20(28)29)15-13(22)7-4-8-14(15)23/h3-9H,10H2,1-2H3,(H,24,30,31). The molecule has 0 bridgehead atoms. The smallest absolute Gasteiger partial charge is 0.298 e. The van der Waals surface area contributed by atoms with Gasteiger partial charge in [-0.1, -0.05) is 47.5 Å². The van der Waals surface area contributed by atoms with E-state index < -0.39 is 17.1 Å². The van der Waals surface area contributed by atoms with Gasteiger partial charge in [-0.05, 0) is 24.6 Å². The summed E-state index contributed by atoms with van der Waals surface area (Å²) in [6.45, 7) is 2.28. The first-order valence-electron chi connectivity index (χ1n) is 9.43. The lowest BCUT2D eigenvalue weighted by atomic mass is 10.1. The molecule has 0 radical (unpaired) electrons. The summed E-state index contributed by atoms with van der Waals surface area (Å²) in [5.74, 6) is -0.194. The zero-order valence-corrected chi connectivity index (χ0v) is 17.3. The first kappa shape index (κ1) is 19.3. The highest BCUT2D eigenvalue weighted by molar-refractivity contribution is 6.33. The maximum Gasteiger partial charge on any atom is 0.329 e. The van der Waals surface area contributed by atoms with E-state index in [2.05, 4.69) is 15.2 Å². The van der Waals surface area contributed by atoms with Gasteiger partial charge >= 0.3 is 5.69 Å². The van der Waals surface area contributed by atoms with E-state index in [1.54, 1.807) is 10.6 Å². The van der Waals surface area contributed by atoms with E-state index in [9.17, 15) is 14.0 Å². The first-order chi connectivity index (χ1) is 14.9. The maximum absolute atomic E-state index is 14.7. The molecule has 2 aromatic carbocycles. The van der Waals surface area contributed by atoms with E-state index in [0.717, 1.165) is 11.1 Å². The van der Waals surface area contributed by atoms with Gasteiger partial charge in [-0.2, -0.15) is 0 Å². The Hall–Kier alpha value is -3.72. The van der Waals surface area contributed by atoms with Gasteiger partial charge in [0.15, 0.2) is 17.0 Å². The maximum atomic E-state index is 14.7. The SMILES string of the molecule is Cc1cccc(Cn2c3c(=O)[nH]c(=O)n(C)c3n3c(-c4c(F)cccc4Cl)nnc23)c1. The molecule has 0 atom stereocenters. The van der Waals surface area contributed by atoms with Crippen LogP contribution in [0, 0.1) is 12.7 Å². The molecule has 1 N–H and O–H groups in total. The van der Waals surface area contributed by atoms with Gasteiger partial charge in [0.05, 0.1) is 17.1 Å². The Balaban J connectivity index is 1.92. The van der Waals surface area contributed by atoms with Crippen LogP contribution < -0.4 is 11.2 Å². The average molecular weight is 439 g/mol. The number of rotatable bonds is 3. The fourth-order valence-electron chi connectivity index (χ4n) is 3.86. The molecule has 0 aliphatic heterocycles. The fraction of sp³-hybridized carbons (Fsp3) is 0.143. The minimum absolute atomic E-state index is 0.0407. The number of hydrogen-bond donors (Lipinski definition) is 1. The average Bonchev–Trinajstić information content (AvgIpc) is 3.26. The molecular weight excluding hydrogens is 423 g/mol. The van der Waals surface area contributed by atoms with Crippen molar-refractivity contribution in [1.82, 2.24) is 28.7 Å². The van der Waals surface area contributed by atoms with Gasteiger partial charge in [0.2, 0.25) is 5.78 Å². The van der Waals surface area contributed by atoms with Crippen molar-refractivity contribution in [3.63, 3.8) is 0 Å². The number of halogens is 2. The third-order valence-electron chi connectivity index (χ3n) is 5.25. The Morgan fingerprint density at radius 2 is 1.90 bits per heavy atom. The van der Waals surface area contributed by atoms with E-state index >= 15 is 0 Å². The second-order valence-electron chi connectivity index (χ2n) is 7.32. The second-order valence-corrected chi connectivity index (χ2v) is 7.73. The number of aromatic amines is 1. The molecule has 5 aromatic rings. The topological polar surface area (TPSA) is 90.0 Å². The van der Waals surface area contributed by atoms with Crippen LogP contribution in [0.2, 0.25) is 5.02 Å². The Labute approximate surface area is 179 Å². The molecule has 8 nitrogen and oxygen atoms in total. The Morgan fingerprint density at radius 1 is 1.13 bits per heavy atom. The summed E-state index contributed by atoms with van der Waals surface area (Å²) < 4.78 is 19.1. The predicted molar refractivity (Wildman–Crippen MR) is 115 cm³/mol. The summed E-state index contributed by atoms with van der Waals surface area (Å²) in [5.41, 5.74) is 1.33. The molecule has 10 heteroatoms. The van der Waals surface area contributed by atoms with E-state index in [-0.39, 0.29) is 33.4 Å². The van der Waals surface area contributed by atoms with Gasteiger partial charge in [0.1, 0.15) is 5.82 Å². The van der Waals surface area contributed by atoms with Crippen molar-refractivity contribution < 1.29 is 4.39 Å². The van der Waals surface area contributed by atoms with Crippen LogP contribution in [0.3, 0.4) is 0 Å². The minimum atomic E-state index is -0.605. The van der Waals surface area contributed by atoms with Crippen molar-refractivity contribution in [3.8, 4) is 11.4 Å². The fourth-order valence-corrected chi connectivity index (χ4v) is 4.11. The number of aromatic nitrogens is 6. The highest BCUT2D eigenvalue weighted by atomic mass is 35.5. The van der Waals surface area contributed by atoms with Crippen molar-refractivity contribution in [2.75, 3.05) is 0 Å². The summed E-state index contributed by atoms with van der Waals surface area (Å²) in [6.07, 6.45) is 0. The number of H-pyrrole nitrogens is 1. The van der Waals surface area contributed by atoms with E-state index in [1.165, 1.54) is 28.1 Å². The number of aryl methyl sites for hydroxylation is 2. The molecule has 3 aromatic heterocycles. The van der Waals surface area contributed by atoms with E-state index in [4.69, 9.17) is 11.6 Å². The largest absolute Gasteiger partial charge is 0.329 e.